The van der Waals surface area contributed by atoms with Crippen LogP contribution in [0, 0.1) is 0 Å². The number of hydrogen-bond acceptors (Lipinski definition) is 3. The lowest BCUT2D eigenvalue weighted by atomic mass is 10.1. The van der Waals surface area contributed by atoms with Gasteiger partial charge in [0.2, 0.25) is 5.91 Å². The molecule has 2 unspecified atom stereocenters. The molecule has 0 aromatic heterocycles. The minimum Gasteiger partial charge on any atom is -0.358 e. The third-order valence-electron chi connectivity index (χ3n) is 3.98. The molecule has 4 nitrogen and oxygen atoms in total. The van der Waals surface area contributed by atoms with Gasteiger partial charge in [-0.1, -0.05) is 28.9 Å². The summed E-state index contributed by atoms with van der Waals surface area (Å²) in [6, 6.07) is 6.57. The van der Waals surface area contributed by atoms with E-state index in [1.807, 2.05) is 6.92 Å². The molecule has 2 N–H and O–H groups in total. The zero-order valence-corrected chi connectivity index (χ0v) is 14.5. The number of amides is 1. The second-order valence-electron chi connectivity index (χ2n) is 5.54. The topological polar surface area (TPSA) is 44.4 Å². The number of benzene rings is 1. The monoisotopic (exact) mass is 353 g/mol. The summed E-state index contributed by atoms with van der Waals surface area (Å²) < 4.78 is 1.09. The molecule has 0 radical (unpaired) electrons. The van der Waals surface area contributed by atoms with Crippen LogP contribution in [0.5, 0.6) is 0 Å². The fourth-order valence-corrected chi connectivity index (χ4v) is 3.36. The Kier molecular flexibility index (Phi) is 5.65. The highest BCUT2D eigenvalue weighted by atomic mass is 79.9. The van der Waals surface area contributed by atoms with Crippen LogP contribution >= 0.6 is 15.9 Å². The van der Waals surface area contributed by atoms with Gasteiger partial charge in [0.15, 0.2) is 0 Å². The van der Waals surface area contributed by atoms with E-state index in [0.29, 0.717) is 12.6 Å². The maximum Gasteiger partial charge on any atom is 0.242 e. The first-order valence-corrected chi connectivity index (χ1v) is 8.41. The Hall–Kier alpha value is -1.07. The second kappa shape index (κ2) is 7.27. The summed E-state index contributed by atoms with van der Waals surface area (Å²) in [6.45, 7) is 8.85. The normalized spacial score (nSPS) is 20.3. The van der Waals surface area contributed by atoms with Crippen LogP contribution in [0.4, 0.5) is 5.69 Å². The molecule has 116 valence electrons. The zero-order chi connectivity index (χ0) is 15.4. The standard InChI is InChI=1S/C16H24BrN3O/c1-4-7-18-11(2)14-6-5-13(10-15(14)17)20-9-8-19-16(21)12(20)3/h5-6,10-12,18H,4,7-9H2,1-3H3,(H,19,21). The molecule has 21 heavy (non-hydrogen) atoms. The number of rotatable bonds is 5. The molecular formula is C16H24BrN3O. The number of hydrogen-bond donors (Lipinski definition) is 2. The van der Waals surface area contributed by atoms with Crippen molar-refractivity contribution in [1.29, 1.82) is 0 Å². The van der Waals surface area contributed by atoms with E-state index in [1.54, 1.807) is 0 Å². The highest BCUT2D eigenvalue weighted by Crippen LogP contribution is 2.29. The summed E-state index contributed by atoms with van der Waals surface area (Å²) in [5.74, 6) is 0.0967. The first kappa shape index (κ1) is 16.3. The summed E-state index contributed by atoms with van der Waals surface area (Å²) in [5.41, 5.74) is 2.34. The molecule has 0 aliphatic carbocycles. The van der Waals surface area contributed by atoms with Gasteiger partial charge < -0.3 is 15.5 Å². The third kappa shape index (κ3) is 3.77. The zero-order valence-electron chi connectivity index (χ0n) is 12.9. The Morgan fingerprint density at radius 3 is 2.95 bits per heavy atom. The molecule has 1 aromatic carbocycles. The summed E-state index contributed by atoms with van der Waals surface area (Å²) in [5, 5.41) is 6.39. The lowest BCUT2D eigenvalue weighted by Gasteiger charge is -2.35. The molecule has 2 rings (SSSR count). The Balaban J connectivity index is 2.16. The van der Waals surface area contributed by atoms with Gasteiger partial charge in [-0.15, -0.1) is 0 Å². The Labute approximate surface area is 135 Å². The Bertz CT molecular complexity index is 506. The van der Waals surface area contributed by atoms with Gasteiger partial charge in [0.25, 0.3) is 0 Å². The molecular weight excluding hydrogens is 330 g/mol. The minimum absolute atomic E-state index is 0.0967. The van der Waals surface area contributed by atoms with Crippen LogP contribution in [-0.4, -0.2) is 31.6 Å². The highest BCUT2D eigenvalue weighted by molar-refractivity contribution is 9.10. The van der Waals surface area contributed by atoms with E-state index in [0.717, 1.165) is 29.7 Å². The van der Waals surface area contributed by atoms with Crippen molar-refractivity contribution < 1.29 is 4.79 Å². The maximum atomic E-state index is 11.8. The fourth-order valence-electron chi connectivity index (χ4n) is 2.65. The van der Waals surface area contributed by atoms with Gasteiger partial charge in [0.05, 0.1) is 0 Å². The van der Waals surface area contributed by atoms with E-state index in [1.165, 1.54) is 5.56 Å². The summed E-state index contributed by atoms with van der Waals surface area (Å²) in [6.07, 6.45) is 1.13. The van der Waals surface area contributed by atoms with Gasteiger partial charge in [0, 0.05) is 29.3 Å². The van der Waals surface area contributed by atoms with E-state index >= 15 is 0 Å². The van der Waals surface area contributed by atoms with Crippen LogP contribution in [0.2, 0.25) is 0 Å². The largest absolute Gasteiger partial charge is 0.358 e. The van der Waals surface area contributed by atoms with E-state index in [4.69, 9.17) is 0 Å². The predicted octanol–water partition coefficient (Wildman–Crippen LogP) is 2.83. The molecule has 0 spiro atoms. The lowest BCUT2D eigenvalue weighted by Crippen LogP contribution is -2.54. The van der Waals surface area contributed by atoms with Crippen LogP contribution in [0.1, 0.15) is 38.8 Å². The lowest BCUT2D eigenvalue weighted by molar-refractivity contribution is -0.122. The molecule has 1 heterocycles. The van der Waals surface area contributed by atoms with Gasteiger partial charge in [0.1, 0.15) is 6.04 Å². The molecule has 1 aliphatic rings. The predicted molar refractivity (Wildman–Crippen MR) is 90.7 cm³/mol. The molecule has 0 saturated carbocycles. The van der Waals surface area contributed by atoms with E-state index < -0.39 is 0 Å². The smallest absolute Gasteiger partial charge is 0.242 e. The summed E-state index contributed by atoms with van der Waals surface area (Å²) >= 11 is 3.67. The van der Waals surface area contributed by atoms with Crippen molar-refractivity contribution in [1.82, 2.24) is 10.6 Å². The quantitative estimate of drug-likeness (QED) is 0.855. The van der Waals surface area contributed by atoms with E-state index in [2.05, 4.69) is 63.5 Å². The molecule has 1 aliphatic heterocycles. The van der Waals surface area contributed by atoms with Crippen molar-refractivity contribution in [2.24, 2.45) is 0 Å². The Morgan fingerprint density at radius 1 is 1.52 bits per heavy atom. The average Bonchev–Trinajstić information content (AvgIpc) is 2.47. The van der Waals surface area contributed by atoms with Gasteiger partial charge in [-0.3, -0.25) is 4.79 Å². The number of nitrogens with one attached hydrogen (secondary N) is 2. The average molecular weight is 354 g/mol. The first-order chi connectivity index (χ1) is 10.0. The molecule has 0 bridgehead atoms. The molecule has 1 aromatic rings. The van der Waals surface area contributed by atoms with Crippen LogP contribution in [0.15, 0.2) is 22.7 Å². The van der Waals surface area contributed by atoms with Gasteiger partial charge in [-0.05, 0) is 44.5 Å². The van der Waals surface area contributed by atoms with Crippen molar-refractivity contribution in [2.45, 2.75) is 39.3 Å². The van der Waals surface area contributed by atoms with Gasteiger partial charge in [-0.25, -0.2) is 0 Å². The number of nitrogens with zero attached hydrogens (tertiary/aromatic N) is 1. The van der Waals surface area contributed by atoms with Crippen LogP contribution in [-0.2, 0) is 4.79 Å². The molecule has 1 amide bonds. The highest BCUT2D eigenvalue weighted by Gasteiger charge is 2.26. The number of carbonyl (C=O) groups is 1. The number of carbonyl (C=O) groups excluding carboxylic acids is 1. The van der Waals surface area contributed by atoms with Gasteiger partial charge >= 0.3 is 0 Å². The van der Waals surface area contributed by atoms with Crippen molar-refractivity contribution in [3.05, 3.63) is 28.2 Å². The van der Waals surface area contributed by atoms with Crippen molar-refractivity contribution >= 4 is 27.5 Å². The molecule has 1 saturated heterocycles. The molecule has 5 heteroatoms. The summed E-state index contributed by atoms with van der Waals surface area (Å²) in [7, 11) is 0. The van der Waals surface area contributed by atoms with E-state index in [-0.39, 0.29) is 11.9 Å². The van der Waals surface area contributed by atoms with Crippen LogP contribution in [0.3, 0.4) is 0 Å². The second-order valence-corrected chi connectivity index (χ2v) is 6.40. The van der Waals surface area contributed by atoms with Crippen molar-refractivity contribution in [2.75, 3.05) is 24.5 Å². The first-order valence-electron chi connectivity index (χ1n) is 7.61. The Morgan fingerprint density at radius 2 is 2.29 bits per heavy atom. The van der Waals surface area contributed by atoms with Crippen LogP contribution < -0.4 is 15.5 Å². The molecule has 1 fully saturated rings. The number of piperazine rings is 1. The maximum absolute atomic E-state index is 11.8. The van der Waals surface area contributed by atoms with Crippen LogP contribution in [0.25, 0.3) is 0 Å². The fraction of sp³-hybridized carbons (Fsp3) is 0.562. The number of halogens is 1. The van der Waals surface area contributed by atoms with Gasteiger partial charge in [-0.2, -0.15) is 0 Å². The molecule has 2 atom stereocenters. The third-order valence-corrected chi connectivity index (χ3v) is 4.67. The minimum atomic E-state index is -0.118. The van der Waals surface area contributed by atoms with Crippen molar-refractivity contribution in [3.63, 3.8) is 0 Å². The van der Waals surface area contributed by atoms with E-state index in [9.17, 15) is 4.79 Å². The van der Waals surface area contributed by atoms with Crippen molar-refractivity contribution in [3.8, 4) is 0 Å². The SMILES string of the molecule is CCCNC(C)c1ccc(N2CCNC(=O)C2C)cc1Br. The number of anilines is 1. The summed E-state index contributed by atoms with van der Waals surface area (Å²) in [4.78, 5) is 13.9.